The second-order valence-corrected chi connectivity index (χ2v) is 6.58. The van der Waals surface area contributed by atoms with Crippen LogP contribution in [0, 0.1) is 5.82 Å². The van der Waals surface area contributed by atoms with E-state index >= 15 is 0 Å². The maximum absolute atomic E-state index is 13.8. The summed E-state index contributed by atoms with van der Waals surface area (Å²) in [6.07, 6.45) is 0.931. The number of hydrogen-bond donors (Lipinski definition) is 1. The maximum Gasteiger partial charge on any atom is 0.356 e. The number of halogens is 1. The molecule has 0 amide bonds. The highest BCUT2D eigenvalue weighted by Crippen LogP contribution is 2.36. The fraction of sp³-hybridized carbons (Fsp3) is 0.231. The van der Waals surface area contributed by atoms with Crippen LogP contribution >= 0.6 is 0 Å². The highest BCUT2D eigenvalue weighted by atomic mass is 32.2. The van der Waals surface area contributed by atoms with Crippen molar-refractivity contribution in [3.63, 3.8) is 0 Å². The van der Waals surface area contributed by atoms with Crippen molar-refractivity contribution < 1.29 is 27.4 Å². The van der Waals surface area contributed by atoms with E-state index in [0.29, 0.717) is 0 Å². The Morgan fingerprint density at radius 2 is 2.00 bits per heavy atom. The van der Waals surface area contributed by atoms with Crippen LogP contribution in [0.1, 0.15) is 10.5 Å². The lowest BCUT2D eigenvalue weighted by atomic mass is 10.1. The normalized spacial score (nSPS) is 11.5. The van der Waals surface area contributed by atoms with Gasteiger partial charge in [0, 0.05) is 18.9 Å². The average Bonchev–Trinajstić information content (AvgIpc) is 2.79. The molecule has 0 bridgehead atoms. The number of carboxylic acid groups (broad SMARTS) is 1. The van der Waals surface area contributed by atoms with Crippen LogP contribution in [0.15, 0.2) is 23.1 Å². The molecular weight excluding hydrogens is 315 g/mol. The molecule has 0 aliphatic heterocycles. The molecule has 7 nitrogen and oxygen atoms in total. The van der Waals surface area contributed by atoms with Crippen molar-refractivity contribution in [2.75, 3.05) is 13.4 Å². The van der Waals surface area contributed by atoms with Crippen molar-refractivity contribution in [1.82, 2.24) is 9.78 Å². The lowest BCUT2D eigenvalue weighted by Crippen LogP contribution is -2.05. The average molecular weight is 328 g/mol. The Labute approximate surface area is 125 Å². The Hall–Kier alpha value is -2.42. The second-order valence-electron chi connectivity index (χ2n) is 4.60. The third-order valence-electron chi connectivity index (χ3n) is 3.00. The third-order valence-corrected chi connectivity index (χ3v) is 4.10. The van der Waals surface area contributed by atoms with Crippen LogP contribution in [-0.2, 0) is 16.9 Å². The fourth-order valence-electron chi connectivity index (χ4n) is 2.07. The zero-order valence-corrected chi connectivity index (χ0v) is 12.8. The Balaban J connectivity index is 2.81. The van der Waals surface area contributed by atoms with E-state index in [1.54, 1.807) is 0 Å². The van der Waals surface area contributed by atoms with E-state index in [-0.39, 0.29) is 27.6 Å². The summed E-state index contributed by atoms with van der Waals surface area (Å²) in [5.74, 6) is -2.10. The Kier molecular flexibility index (Phi) is 3.92. The summed E-state index contributed by atoms with van der Waals surface area (Å²) in [4.78, 5) is 10.7. The quantitative estimate of drug-likeness (QED) is 0.909. The van der Waals surface area contributed by atoms with Gasteiger partial charge in [-0.2, -0.15) is 5.10 Å². The number of benzene rings is 1. The molecule has 1 aromatic carbocycles. The number of carboxylic acids is 1. The minimum absolute atomic E-state index is 0.0659. The SMILES string of the molecule is COc1c(-c2cc(C(=O)O)nn2C)cc(F)cc1S(C)(=O)=O. The lowest BCUT2D eigenvalue weighted by molar-refractivity contribution is 0.0689. The molecule has 0 radical (unpaired) electrons. The van der Waals surface area contributed by atoms with Gasteiger partial charge < -0.3 is 9.84 Å². The predicted molar refractivity (Wildman–Crippen MR) is 75.2 cm³/mol. The van der Waals surface area contributed by atoms with Crippen LogP contribution in [0.4, 0.5) is 4.39 Å². The summed E-state index contributed by atoms with van der Waals surface area (Å²) in [7, 11) is -1.02. The number of rotatable bonds is 4. The van der Waals surface area contributed by atoms with Crippen LogP contribution in [0.3, 0.4) is 0 Å². The van der Waals surface area contributed by atoms with Crippen molar-refractivity contribution in [1.29, 1.82) is 0 Å². The summed E-state index contributed by atoms with van der Waals surface area (Å²) in [5, 5.41) is 12.7. The number of carbonyl (C=O) groups is 1. The number of nitrogens with zero attached hydrogens (tertiary/aromatic N) is 2. The molecule has 2 aromatic rings. The molecule has 1 N–H and O–H groups in total. The van der Waals surface area contributed by atoms with Gasteiger partial charge in [-0.25, -0.2) is 17.6 Å². The Bertz CT molecular complexity index is 858. The van der Waals surface area contributed by atoms with Crippen LogP contribution in [0.2, 0.25) is 0 Å². The summed E-state index contributed by atoms with van der Waals surface area (Å²) in [6, 6.07) is 3.13. The van der Waals surface area contributed by atoms with Gasteiger partial charge in [0.15, 0.2) is 15.5 Å². The summed E-state index contributed by atoms with van der Waals surface area (Å²) < 4.78 is 43.7. The summed E-state index contributed by atoms with van der Waals surface area (Å²) in [5.41, 5.74) is 0.0776. The number of ether oxygens (including phenoxy) is 1. The third kappa shape index (κ3) is 2.80. The van der Waals surface area contributed by atoms with E-state index in [9.17, 15) is 17.6 Å². The van der Waals surface area contributed by atoms with E-state index in [4.69, 9.17) is 9.84 Å². The van der Waals surface area contributed by atoms with Gasteiger partial charge in [-0.3, -0.25) is 4.68 Å². The first-order chi connectivity index (χ1) is 10.1. The number of hydrogen-bond acceptors (Lipinski definition) is 5. The topological polar surface area (TPSA) is 98.5 Å². The van der Waals surface area contributed by atoms with Gasteiger partial charge in [0.1, 0.15) is 16.5 Å². The standard InChI is InChI=1S/C13H13FN2O5S/c1-16-10(6-9(15-16)13(17)18)8-4-7(14)5-11(12(8)21-2)22(3,19)20/h4-6H,1-3H3,(H,17,18). The molecule has 22 heavy (non-hydrogen) atoms. The number of sulfone groups is 1. The van der Waals surface area contributed by atoms with Gasteiger partial charge in [0.25, 0.3) is 0 Å². The largest absolute Gasteiger partial charge is 0.495 e. The minimum Gasteiger partial charge on any atom is -0.495 e. The first-order valence-corrected chi connectivity index (χ1v) is 7.89. The number of aryl methyl sites for hydroxylation is 1. The Morgan fingerprint density at radius 1 is 1.36 bits per heavy atom. The van der Waals surface area contributed by atoms with Crippen LogP contribution < -0.4 is 4.74 Å². The van der Waals surface area contributed by atoms with E-state index in [1.165, 1.54) is 24.9 Å². The van der Waals surface area contributed by atoms with Crippen LogP contribution in [0.5, 0.6) is 5.75 Å². The highest BCUT2D eigenvalue weighted by Gasteiger charge is 2.23. The smallest absolute Gasteiger partial charge is 0.356 e. The van der Waals surface area contributed by atoms with E-state index in [0.717, 1.165) is 18.4 Å². The predicted octanol–water partition coefficient (Wildman–Crippen LogP) is 1.34. The molecule has 0 aliphatic rings. The van der Waals surface area contributed by atoms with Gasteiger partial charge in [-0.05, 0) is 18.2 Å². The van der Waals surface area contributed by atoms with Gasteiger partial charge in [0.2, 0.25) is 0 Å². The molecule has 1 heterocycles. The second kappa shape index (κ2) is 5.41. The molecule has 0 saturated carbocycles. The summed E-state index contributed by atoms with van der Waals surface area (Å²) >= 11 is 0. The van der Waals surface area contributed by atoms with Gasteiger partial charge >= 0.3 is 5.97 Å². The van der Waals surface area contributed by atoms with E-state index in [2.05, 4.69) is 5.10 Å². The van der Waals surface area contributed by atoms with Gasteiger partial charge in [-0.15, -0.1) is 0 Å². The van der Waals surface area contributed by atoms with Gasteiger partial charge in [0.05, 0.1) is 12.8 Å². The monoisotopic (exact) mass is 328 g/mol. The van der Waals surface area contributed by atoms with E-state index in [1.807, 2.05) is 0 Å². The summed E-state index contributed by atoms with van der Waals surface area (Å²) in [6.45, 7) is 0. The highest BCUT2D eigenvalue weighted by molar-refractivity contribution is 7.90. The molecule has 9 heteroatoms. The lowest BCUT2D eigenvalue weighted by Gasteiger charge is -2.13. The van der Waals surface area contributed by atoms with E-state index < -0.39 is 21.6 Å². The zero-order chi connectivity index (χ0) is 16.7. The van der Waals surface area contributed by atoms with Crippen molar-refractivity contribution in [2.45, 2.75) is 4.90 Å². The molecule has 0 fully saturated rings. The van der Waals surface area contributed by atoms with Crippen molar-refractivity contribution in [2.24, 2.45) is 7.05 Å². The Morgan fingerprint density at radius 3 is 2.45 bits per heavy atom. The molecule has 0 atom stereocenters. The molecule has 118 valence electrons. The first kappa shape index (κ1) is 16.0. The first-order valence-electron chi connectivity index (χ1n) is 6.00. The van der Waals surface area contributed by atoms with Crippen molar-refractivity contribution in [3.8, 4) is 17.0 Å². The maximum atomic E-state index is 13.8. The van der Waals surface area contributed by atoms with Crippen molar-refractivity contribution in [3.05, 3.63) is 29.7 Å². The molecule has 0 unspecified atom stereocenters. The zero-order valence-electron chi connectivity index (χ0n) is 12.0. The fourth-order valence-corrected chi connectivity index (χ4v) is 2.93. The number of methoxy groups -OCH3 is 1. The molecular formula is C13H13FN2O5S. The minimum atomic E-state index is -3.73. The molecule has 0 aliphatic carbocycles. The molecule has 0 saturated heterocycles. The van der Waals surface area contributed by atoms with Crippen molar-refractivity contribution >= 4 is 15.8 Å². The number of aromatic nitrogens is 2. The molecule has 2 rings (SSSR count). The van der Waals surface area contributed by atoms with Crippen LogP contribution in [-0.4, -0.2) is 42.6 Å². The van der Waals surface area contributed by atoms with Gasteiger partial charge in [-0.1, -0.05) is 0 Å². The number of aromatic carboxylic acids is 1. The molecule has 0 spiro atoms. The van der Waals surface area contributed by atoms with Crippen LogP contribution in [0.25, 0.3) is 11.3 Å². The molecule has 1 aromatic heterocycles.